The monoisotopic (exact) mass is 182 g/mol. The minimum absolute atomic E-state index is 0.425. The first-order chi connectivity index (χ1) is 6.29. The summed E-state index contributed by atoms with van der Waals surface area (Å²) in [5, 5.41) is 0. The Morgan fingerprint density at radius 3 is 2.62 bits per heavy atom. The van der Waals surface area contributed by atoms with E-state index in [1.165, 1.54) is 19.3 Å². The lowest BCUT2D eigenvalue weighted by Crippen LogP contribution is -2.39. The lowest BCUT2D eigenvalue weighted by Gasteiger charge is -2.35. The summed E-state index contributed by atoms with van der Waals surface area (Å²) in [6.07, 6.45) is 8.15. The fourth-order valence-corrected chi connectivity index (χ4v) is 2.62. The molecule has 0 aliphatic heterocycles. The highest BCUT2D eigenvalue weighted by Gasteiger charge is 2.42. The summed E-state index contributed by atoms with van der Waals surface area (Å²) in [4.78, 5) is 11.0. The predicted molar refractivity (Wildman–Crippen MR) is 50.5 cm³/mol. The van der Waals surface area contributed by atoms with Gasteiger partial charge in [0.25, 0.3) is 0 Å². The molecule has 2 atom stereocenters. The van der Waals surface area contributed by atoms with Gasteiger partial charge in [-0.1, -0.05) is 0 Å². The molecule has 2 aliphatic carbocycles. The van der Waals surface area contributed by atoms with E-state index >= 15 is 0 Å². The van der Waals surface area contributed by atoms with E-state index in [9.17, 15) is 4.79 Å². The van der Waals surface area contributed by atoms with Crippen molar-refractivity contribution in [1.82, 2.24) is 0 Å². The molecule has 2 rings (SSSR count). The van der Waals surface area contributed by atoms with Crippen LogP contribution in [0.1, 0.15) is 38.5 Å². The summed E-state index contributed by atoms with van der Waals surface area (Å²) in [6.45, 7) is 0. The third kappa shape index (κ3) is 1.78. The molecule has 13 heavy (non-hydrogen) atoms. The standard InChI is InChI=1S/C11H18O2/c1-13-11(8-12)6-2-3-10(7-11)9-4-5-9/h8-10H,2-7H2,1H3. The van der Waals surface area contributed by atoms with Gasteiger partial charge in [0.1, 0.15) is 5.60 Å². The van der Waals surface area contributed by atoms with Gasteiger partial charge in [-0.15, -0.1) is 0 Å². The zero-order valence-electron chi connectivity index (χ0n) is 8.29. The molecule has 0 aromatic rings. The molecule has 2 fully saturated rings. The van der Waals surface area contributed by atoms with Crippen molar-refractivity contribution in [1.29, 1.82) is 0 Å². The first kappa shape index (κ1) is 9.20. The van der Waals surface area contributed by atoms with E-state index < -0.39 is 5.60 Å². The van der Waals surface area contributed by atoms with Crippen molar-refractivity contribution in [3.8, 4) is 0 Å². The Balaban J connectivity index is 2.00. The second-order valence-corrected chi connectivity index (χ2v) is 4.58. The average molecular weight is 182 g/mol. The van der Waals surface area contributed by atoms with Crippen LogP contribution in [0.5, 0.6) is 0 Å². The summed E-state index contributed by atoms with van der Waals surface area (Å²) in [5.74, 6) is 1.67. The second-order valence-electron chi connectivity index (χ2n) is 4.58. The van der Waals surface area contributed by atoms with Crippen molar-refractivity contribution >= 4 is 6.29 Å². The van der Waals surface area contributed by atoms with Gasteiger partial charge in [0.2, 0.25) is 0 Å². The zero-order valence-corrected chi connectivity index (χ0v) is 8.29. The minimum Gasteiger partial charge on any atom is -0.371 e. The van der Waals surface area contributed by atoms with Crippen LogP contribution in [0.3, 0.4) is 0 Å². The summed E-state index contributed by atoms with van der Waals surface area (Å²) in [5.41, 5.74) is -0.425. The maximum atomic E-state index is 11.0. The smallest absolute Gasteiger partial charge is 0.151 e. The van der Waals surface area contributed by atoms with Gasteiger partial charge in [-0.05, 0) is 50.4 Å². The first-order valence-corrected chi connectivity index (χ1v) is 5.31. The summed E-state index contributed by atoms with van der Waals surface area (Å²) >= 11 is 0. The summed E-state index contributed by atoms with van der Waals surface area (Å²) < 4.78 is 5.37. The van der Waals surface area contributed by atoms with E-state index in [0.29, 0.717) is 0 Å². The van der Waals surface area contributed by atoms with E-state index in [1.54, 1.807) is 7.11 Å². The molecule has 2 saturated carbocycles. The molecule has 0 saturated heterocycles. The Hall–Kier alpha value is -0.370. The lowest BCUT2D eigenvalue weighted by molar-refractivity contribution is -0.134. The van der Waals surface area contributed by atoms with Crippen molar-refractivity contribution in [2.75, 3.05) is 7.11 Å². The molecule has 2 nitrogen and oxygen atoms in total. The largest absolute Gasteiger partial charge is 0.371 e. The number of methoxy groups -OCH3 is 1. The van der Waals surface area contributed by atoms with Gasteiger partial charge in [-0.3, -0.25) is 0 Å². The minimum atomic E-state index is -0.425. The third-order valence-electron chi connectivity index (χ3n) is 3.69. The van der Waals surface area contributed by atoms with Crippen LogP contribution in [0, 0.1) is 11.8 Å². The molecule has 0 spiro atoms. The molecule has 0 N–H and O–H groups in total. The van der Waals surface area contributed by atoms with Crippen molar-refractivity contribution in [3.05, 3.63) is 0 Å². The molecule has 0 radical (unpaired) electrons. The SMILES string of the molecule is COC1(C=O)CCCC(C2CC2)C1. The number of hydrogen-bond acceptors (Lipinski definition) is 2. The molecule has 2 unspecified atom stereocenters. The van der Waals surface area contributed by atoms with Crippen molar-refractivity contribution < 1.29 is 9.53 Å². The summed E-state index contributed by atoms with van der Waals surface area (Å²) in [6, 6.07) is 0. The second kappa shape index (κ2) is 3.41. The molecule has 2 heteroatoms. The van der Waals surface area contributed by atoms with Crippen LogP contribution in [-0.2, 0) is 9.53 Å². The fraction of sp³-hybridized carbons (Fsp3) is 0.909. The van der Waals surface area contributed by atoms with E-state index in [4.69, 9.17) is 4.74 Å². The maximum Gasteiger partial charge on any atom is 0.151 e. The van der Waals surface area contributed by atoms with Gasteiger partial charge in [0, 0.05) is 7.11 Å². The number of aldehydes is 1. The van der Waals surface area contributed by atoms with Crippen LogP contribution in [0.4, 0.5) is 0 Å². The zero-order chi connectivity index (χ0) is 9.31. The van der Waals surface area contributed by atoms with Crippen molar-refractivity contribution in [2.45, 2.75) is 44.1 Å². The Kier molecular flexibility index (Phi) is 2.41. The molecular formula is C11H18O2. The third-order valence-corrected chi connectivity index (χ3v) is 3.69. The van der Waals surface area contributed by atoms with Gasteiger partial charge in [-0.2, -0.15) is 0 Å². The average Bonchev–Trinajstić information content (AvgIpc) is 3.01. The topological polar surface area (TPSA) is 26.3 Å². The van der Waals surface area contributed by atoms with Crippen LogP contribution in [0.25, 0.3) is 0 Å². The molecule has 2 aliphatic rings. The van der Waals surface area contributed by atoms with E-state index in [2.05, 4.69) is 0 Å². The lowest BCUT2D eigenvalue weighted by atomic mass is 9.76. The van der Waals surface area contributed by atoms with Gasteiger partial charge in [0.15, 0.2) is 6.29 Å². The van der Waals surface area contributed by atoms with E-state index in [1.807, 2.05) is 0 Å². The number of carbonyl (C=O) groups is 1. The normalized spacial score (nSPS) is 40.2. The molecule has 0 heterocycles. The highest BCUT2D eigenvalue weighted by Crippen LogP contribution is 2.46. The molecule has 0 amide bonds. The first-order valence-electron chi connectivity index (χ1n) is 5.31. The quantitative estimate of drug-likeness (QED) is 0.625. The highest BCUT2D eigenvalue weighted by atomic mass is 16.5. The van der Waals surface area contributed by atoms with Crippen molar-refractivity contribution in [3.63, 3.8) is 0 Å². The molecule has 0 bridgehead atoms. The number of carbonyl (C=O) groups excluding carboxylic acids is 1. The molecule has 0 aromatic carbocycles. The fourth-order valence-electron chi connectivity index (χ4n) is 2.62. The highest BCUT2D eigenvalue weighted by molar-refractivity contribution is 5.62. The maximum absolute atomic E-state index is 11.0. The van der Waals surface area contributed by atoms with Crippen LogP contribution in [0.15, 0.2) is 0 Å². The van der Waals surface area contributed by atoms with E-state index in [-0.39, 0.29) is 0 Å². The Morgan fingerprint density at radius 2 is 2.08 bits per heavy atom. The Labute approximate surface area is 79.7 Å². The van der Waals surface area contributed by atoms with Gasteiger partial charge in [-0.25, -0.2) is 0 Å². The van der Waals surface area contributed by atoms with Gasteiger partial charge >= 0.3 is 0 Å². The van der Waals surface area contributed by atoms with Crippen LogP contribution >= 0.6 is 0 Å². The number of rotatable bonds is 3. The number of hydrogen-bond donors (Lipinski definition) is 0. The van der Waals surface area contributed by atoms with Gasteiger partial charge in [0.05, 0.1) is 0 Å². The van der Waals surface area contributed by atoms with Gasteiger partial charge < -0.3 is 9.53 Å². The number of ether oxygens (including phenoxy) is 1. The van der Waals surface area contributed by atoms with Crippen molar-refractivity contribution in [2.24, 2.45) is 11.8 Å². The van der Waals surface area contributed by atoms with Crippen LogP contribution in [-0.4, -0.2) is 19.0 Å². The van der Waals surface area contributed by atoms with Crippen LogP contribution < -0.4 is 0 Å². The molecular weight excluding hydrogens is 164 g/mol. The van der Waals surface area contributed by atoms with E-state index in [0.717, 1.165) is 37.4 Å². The Morgan fingerprint density at radius 1 is 1.31 bits per heavy atom. The summed E-state index contributed by atoms with van der Waals surface area (Å²) in [7, 11) is 1.67. The Bertz CT molecular complexity index is 198. The van der Waals surface area contributed by atoms with Crippen LogP contribution in [0.2, 0.25) is 0 Å². The molecule has 0 aromatic heterocycles. The molecule has 74 valence electrons. The predicted octanol–water partition coefficient (Wildman–Crippen LogP) is 2.17.